The number of ether oxygens (including phenoxy) is 2. The zero-order valence-electron chi connectivity index (χ0n) is 13.8. The molecule has 1 aliphatic heterocycles. The standard InChI is InChI=1S/C20H27FO2/c21-19-3-1-2-18(14-19)16-6-4-15(5-7-16)17-8-10-20(11-9-17)22-12-13-23-20/h1-3,14-17H,4-13H2/t15-,16-. The van der Waals surface area contributed by atoms with Gasteiger partial charge in [0.1, 0.15) is 5.82 Å². The largest absolute Gasteiger partial charge is 0.348 e. The Morgan fingerprint density at radius 1 is 0.870 bits per heavy atom. The first-order valence-electron chi connectivity index (χ1n) is 9.27. The van der Waals surface area contributed by atoms with Gasteiger partial charge < -0.3 is 9.47 Å². The molecule has 1 aromatic rings. The maximum absolute atomic E-state index is 13.4. The summed E-state index contributed by atoms with van der Waals surface area (Å²) < 4.78 is 25.1. The van der Waals surface area contributed by atoms with Crippen LogP contribution in [-0.2, 0) is 9.47 Å². The molecule has 3 heteroatoms. The summed E-state index contributed by atoms with van der Waals surface area (Å²) in [7, 11) is 0. The van der Waals surface area contributed by atoms with E-state index in [0.29, 0.717) is 5.92 Å². The van der Waals surface area contributed by atoms with Crippen LogP contribution in [0.5, 0.6) is 0 Å². The van der Waals surface area contributed by atoms with E-state index in [1.165, 1.54) is 44.1 Å². The summed E-state index contributed by atoms with van der Waals surface area (Å²) in [6.45, 7) is 1.53. The molecule has 2 saturated carbocycles. The van der Waals surface area contributed by atoms with Crippen LogP contribution in [0.2, 0.25) is 0 Å². The molecule has 126 valence electrons. The van der Waals surface area contributed by atoms with Crippen molar-refractivity contribution in [1.82, 2.24) is 0 Å². The van der Waals surface area contributed by atoms with Crippen molar-refractivity contribution in [1.29, 1.82) is 0 Å². The Morgan fingerprint density at radius 3 is 2.17 bits per heavy atom. The summed E-state index contributed by atoms with van der Waals surface area (Å²) >= 11 is 0. The minimum absolute atomic E-state index is 0.0984. The molecule has 3 fully saturated rings. The minimum atomic E-state index is -0.227. The van der Waals surface area contributed by atoms with Crippen LogP contribution in [0.4, 0.5) is 4.39 Å². The quantitative estimate of drug-likeness (QED) is 0.761. The van der Waals surface area contributed by atoms with Crippen LogP contribution >= 0.6 is 0 Å². The van der Waals surface area contributed by atoms with Gasteiger partial charge in [0.25, 0.3) is 0 Å². The lowest BCUT2D eigenvalue weighted by molar-refractivity contribution is -0.185. The number of rotatable bonds is 2. The Kier molecular flexibility index (Phi) is 4.42. The van der Waals surface area contributed by atoms with E-state index in [0.717, 1.165) is 37.9 Å². The average Bonchev–Trinajstić information content (AvgIpc) is 3.04. The van der Waals surface area contributed by atoms with Crippen LogP contribution in [-0.4, -0.2) is 19.0 Å². The van der Waals surface area contributed by atoms with Gasteiger partial charge in [-0.05, 0) is 74.0 Å². The van der Waals surface area contributed by atoms with Gasteiger partial charge in [-0.1, -0.05) is 12.1 Å². The maximum atomic E-state index is 13.4. The van der Waals surface area contributed by atoms with E-state index in [9.17, 15) is 4.39 Å². The number of halogens is 1. The molecule has 2 nitrogen and oxygen atoms in total. The smallest absolute Gasteiger partial charge is 0.168 e. The molecule has 1 spiro atoms. The fraction of sp³-hybridized carbons (Fsp3) is 0.700. The Bertz CT molecular complexity index is 520. The molecule has 2 aliphatic carbocycles. The molecular formula is C20H27FO2. The van der Waals surface area contributed by atoms with Crippen LogP contribution in [0.3, 0.4) is 0 Å². The molecule has 1 heterocycles. The molecular weight excluding hydrogens is 291 g/mol. The summed E-state index contributed by atoms with van der Waals surface area (Å²) in [5.74, 6) is 1.91. The summed E-state index contributed by atoms with van der Waals surface area (Å²) in [6.07, 6.45) is 9.64. The highest BCUT2D eigenvalue weighted by Gasteiger charge is 2.42. The van der Waals surface area contributed by atoms with Crippen LogP contribution < -0.4 is 0 Å². The third-order valence-electron chi connectivity index (χ3n) is 6.36. The molecule has 1 saturated heterocycles. The molecule has 0 bridgehead atoms. The van der Waals surface area contributed by atoms with E-state index in [4.69, 9.17) is 9.47 Å². The maximum Gasteiger partial charge on any atom is 0.168 e. The van der Waals surface area contributed by atoms with Crippen LogP contribution in [0.1, 0.15) is 62.8 Å². The molecule has 23 heavy (non-hydrogen) atoms. The number of benzene rings is 1. The third-order valence-corrected chi connectivity index (χ3v) is 6.36. The second-order valence-corrected chi connectivity index (χ2v) is 7.61. The number of hydrogen-bond acceptors (Lipinski definition) is 2. The second-order valence-electron chi connectivity index (χ2n) is 7.61. The fourth-order valence-electron chi connectivity index (χ4n) is 5.02. The first kappa shape index (κ1) is 15.6. The Hall–Kier alpha value is -0.930. The van der Waals surface area contributed by atoms with E-state index in [-0.39, 0.29) is 11.6 Å². The Labute approximate surface area is 138 Å². The summed E-state index contributed by atoms with van der Waals surface area (Å²) in [5.41, 5.74) is 1.19. The first-order chi connectivity index (χ1) is 11.2. The highest BCUT2D eigenvalue weighted by Crippen LogP contribution is 2.46. The monoisotopic (exact) mass is 318 g/mol. The van der Waals surface area contributed by atoms with Crippen LogP contribution in [0, 0.1) is 17.7 Å². The molecule has 1 aromatic carbocycles. The summed E-state index contributed by atoms with van der Waals surface area (Å²) in [5, 5.41) is 0. The van der Waals surface area contributed by atoms with Gasteiger partial charge >= 0.3 is 0 Å². The zero-order valence-corrected chi connectivity index (χ0v) is 13.8. The molecule has 0 amide bonds. The highest BCUT2D eigenvalue weighted by atomic mass is 19.1. The van der Waals surface area contributed by atoms with Crippen molar-refractivity contribution in [3.63, 3.8) is 0 Å². The predicted molar refractivity (Wildman–Crippen MR) is 87.7 cm³/mol. The van der Waals surface area contributed by atoms with Crippen molar-refractivity contribution in [2.45, 2.75) is 63.1 Å². The molecule has 0 radical (unpaired) electrons. The van der Waals surface area contributed by atoms with E-state index in [1.54, 1.807) is 12.1 Å². The highest BCUT2D eigenvalue weighted by molar-refractivity contribution is 5.21. The van der Waals surface area contributed by atoms with Crippen molar-refractivity contribution in [3.8, 4) is 0 Å². The molecule has 0 aromatic heterocycles. The van der Waals surface area contributed by atoms with Crippen molar-refractivity contribution >= 4 is 0 Å². The van der Waals surface area contributed by atoms with Gasteiger partial charge in [0, 0.05) is 12.8 Å². The molecule has 0 unspecified atom stereocenters. The molecule has 3 aliphatic rings. The Balaban J connectivity index is 1.30. The van der Waals surface area contributed by atoms with Gasteiger partial charge in [0.2, 0.25) is 0 Å². The lowest BCUT2D eigenvalue weighted by Crippen LogP contribution is -2.37. The van der Waals surface area contributed by atoms with Crippen molar-refractivity contribution in [2.75, 3.05) is 13.2 Å². The topological polar surface area (TPSA) is 18.5 Å². The van der Waals surface area contributed by atoms with Crippen molar-refractivity contribution < 1.29 is 13.9 Å². The van der Waals surface area contributed by atoms with E-state index < -0.39 is 0 Å². The zero-order chi connectivity index (χ0) is 15.7. The third kappa shape index (κ3) is 3.32. The predicted octanol–water partition coefficient (Wildman–Crippen LogP) is 5.03. The SMILES string of the molecule is Fc1cccc([C@H]2CC[C@H](C3CCC4(CC3)OCCO4)CC2)c1. The molecule has 0 atom stereocenters. The van der Waals surface area contributed by atoms with Gasteiger partial charge in [-0.15, -0.1) is 0 Å². The van der Waals surface area contributed by atoms with E-state index in [1.807, 2.05) is 6.07 Å². The van der Waals surface area contributed by atoms with E-state index >= 15 is 0 Å². The second kappa shape index (κ2) is 6.52. The summed E-state index contributed by atoms with van der Waals surface area (Å²) in [4.78, 5) is 0. The lowest BCUT2D eigenvalue weighted by atomic mass is 9.69. The average molecular weight is 318 g/mol. The number of hydrogen-bond donors (Lipinski definition) is 0. The van der Waals surface area contributed by atoms with Gasteiger partial charge in [-0.25, -0.2) is 4.39 Å². The van der Waals surface area contributed by atoms with Crippen molar-refractivity contribution in [3.05, 3.63) is 35.6 Å². The first-order valence-corrected chi connectivity index (χ1v) is 9.27. The van der Waals surface area contributed by atoms with Gasteiger partial charge in [-0.3, -0.25) is 0 Å². The lowest BCUT2D eigenvalue weighted by Gasteiger charge is -2.41. The van der Waals surface area contributed by atoms with Gasteiger partial charge in [0.15, 0.2) is 5.79 Å². The summed E-state index contributed by atoms with van der Waals surface area (Å²) in [6, 6.07) is 7.20. The van der Waals surface area contributed by atoms with Gasteiger partial charge in [0.05, 0.1) is 13.2 Å². The van der Waals surface area contributed by atoms with Crippen molar-refractivity contribution in [2.24, 2.45) is 11.8 Å². The minimum Gasteiger partial charge on any atom is -0.348 e. The molecule has 0 N–H and O–H groups in total. The normalized spacial score (nSPS) is 31.5. The van der Waals surface area contributed by atoms with Gasteiger partial charge in [-0.2, -0.15) is 0 Å². The molecule has 4 rings (SSSR count). The fourth-order valence-corrected chi connectivity index (χ4v) is 5.02. The van der Waals surface area contributed by atoms with E-state index in [2.05, 4.69) is 6.07 Å². The Morgan fingerprint density at radius 2 is 1.52 bits per heavy atom. The van der Waals surface area contributed by atoms with Crippen LogP contribution in [0.15, 0.2) is 24.3 Å². The van der Waals surface area contributed by atoms with Crippen LogP contribution in [0.25, 0.3) is 0 Å².